The minimum absolute atomic E-state index is 0.290. The van der Waals surface area contributed by atoms with Gasteiger partial charge in [0, 0.05) is 6.07 Å². The van der Waals surface area contributed by atoms with Crippen LogP contribution in [0.15, 0.2) is 12.1 Å². The van der Waals surface area contributed by atoms with Crippen molar-refractivity contribution in [3.8, 4) is 11.8 Å². The molecule has 1 aliphatic rings. The van der Waals surface area contributed by atoms with Crippen LogP contribution in [0.5, 0.6) is 11.8 Å². The van der Waals surface area contributed by atoms with Gasteiger partial charge < -0.3 is 15.2 Å². The van der Waals surface area contributed by atoms with Crippen LogP contribution >= 0.6 is 0 Å². The predicted molar refractivity (Wildman–Crippen MR) is 71.9 cm³/mol. The van der Waals surface area contributed by atoms with Crippen LogP contribution in [0.3, 0.4) is 0 Å². The van der Waals surface area contributed by atoms with E-state index in [0.29, 0.717) is 24.1 Å². The number of hydrogen-bond donors (Lipinski definition) is 1. The second-order valence-corrected chi connectivity index (χ2v) is 4.71. The molecule has 1 aromatic rings. The topological polar surface area (TPSA) is 57.4 Å². The van der Waals surface area contributed by atoms with Crippen molar-refractivity contribution in [1.82, 2.24) is 4.98 Å². The van der Waals surface area contributed by atoms with E-state index in [0.717, 1.165) is 12.8 Å². The van der Waals surface area contributed by atoms with Crippen LogP contribution < -0.4 is 15.2 Å². The Labute approximate surface area is 108 Å². The predicted octanol–water partition coefficient (Wildman–Crippen LogP) is 3.16. The molecule has 4 nitrogen and oxygen atoms in total. The lowest BCUT2D eigenvalue weighted by Crippen LogP contribution is -2.16. The number of ether oxygens (including phenoxy) is 2. The van der Waals surface area contributed by atoms with Gasteiger partial charge in [0.1, 0.15) is 6.10 Å². The first-order chi connectivity index (χ1) is 8.79. The summed E-state index contributed by atoms with van der Waals surface area (Å²) in [5, 5.41) is 0. The largest absolute Gasteiger partial charge is 0.476 e. The van der Waals surface area contributed by atoms with Gasteiger partial charge in [-0.3, -0.25) is 0 Å². The normalized spacial score (nSPS) is 17.2. The molecule has 0 spiro atoms. The van der Waals surface area contributed by atoms with Gasteiger partial charge in [0.25, 0.3) is 0 Å². The second kappa shape index (κ2) is 6.47. The summed E-state index contributed by atoms with van der Waals surface area (Å²) in [5.74, 6) is 1.10. The van der Waals surface area contributed by atoms with Gasteiger partial charge in [0.2, 0.25) is 11.8 Å². The second-order valence-electron chi connectivity index (χ2n) is 4.71. The summed E-state index contributed by atoms with van der Waals surface area (Å²) in [6.07, 6.45) is 7.67. The molecule has 1 aliphatic carbocycles. The molecule has 100 valence electrons. The third kappa shape index (κ3) is 3.52. The number of rotatable bonds is 4. The van der Waals surface area contributed by atoms with E-state index >= 15 is 0 Å². The smallest absolute Gasteiger partial charge is 0.240 e. The lowest BCUT2D eigenvalue weighted by molar-refractivity contribution is 0.174. The fourth-order valence-electron chi connectivity index (χ4n) is 2.28. The first-order valence-corrected chi connectivity index (χ1v) is 6.85. The average Bonchev–Trinajstić information content (AvgIpc) is 2.62. The maximum Gasteiger partial charge on any atom is 0.240 e. The van der Waals surface area contributed by atoms with E-state index in [4.69, 9.17) is 15.2 Å². The quantitative estimate of drug-likeness (QED) is 0.834. The maximum atomic E-state index is 5.93. The van der Waals surface area contributed by atoms with E-state index in [1.807, 2.05) is 13.0 Å². The van der Waals surface area contributed by atoms with Crippen LogP contribution in [-0.4, -0.2) is 17.7 Å². The highest BCUT2D eigenvalue weighted by molar-refractivity contribution is 5.49. The molecule has 1 aromatic heterocycles. The Bertz CT molecular complexity index is 374. The molecule has 0 saturated heterocycles. The number of nitrogens with zero attached hydrogens (tertiary/aromatic N) is 1. The van der Waals surface area contributed by atoms with Crippen LogP contribution in [0.2, 0.25) is 0 Å². The number of nitrogens with two attached hydrogens (primary N) is 1. The molecule has 0 radical (unpaired) electrons. The van der Waals surface area contributed by atoms with Crippen molar-refractivity contribution in [2.45, 2.75) is 51.6 Å². The zero-order valence-corrected chi connectivity index (χ0v) is 11.0. The van der Waals surface area contributed by atoms with Crippen molar-refractivity contribution < 1.29 is 9.47 Å². The number of anilines is 1. The molecule has 0 aromatic carbocycles. The zero-order valence-electron chi connectivity index (χ0n) is 11.0. The minimum atomic E-state index is 0.290. The molecule has 0 atom stereocenters. The highest BCUT2D eigenvalue weighted by Gasteiger charge is 2.15. The van der Waals surface area contributed by atoms with Gasteiger partial charge in [-0.2, -0.15) is 4.98 Å². The summed E-state index contributed by atoms with van der Waals surface area (Å²) in [5.41, 5.74) is 6.35. The van der Waals surface area contributed by atoms with E-state index in [9.17, 15) is 0 Å². The highest BCUT2D eigenvalue weighted by Crippen LogP contribution is 2.25. The van der Waals surface area contributed by atoms with E-state index in [1.165, 1.54) is 25.7 Å². The Morgan fingerprint density at radius 2 is 1.94 bits per heavy atom. The van der Waals surface area contributed by atoms with E-state index in [2.05, 4.69) is 4.98 Å². The third-order valence-corrected chi connectivity index (χ3v) is 3.23. The number of aromatic nitrogens is 1. The summed E-state index contributed by atoms with van der Waals surface area (Å²) in [4.78, 5) is 4.32. The summed E-state index contributed by atoms with van der Waals surface area (Å²) < 4.78 is 11.3. The SMILES string of the molecule is CCOc1nc(OC2CCCCCC2)ccc1N. The van der Waals surface area contributed by atoms with Crippen LogP contribution in [-0.2, 0) is 0 Å². The Balaban J connectivity index is 2.01. The lowest BCUT2D eigenvalue weighted by Gasteiger charge is -2.17. The molecule has 4 heteroatoms. The summed E-state index contributed by atoms with van der Waals surface area (Å²) >= 11 is 0. The molecule has 1 heterocycles. The third-order valence-electron chi connectivity index (χ3n) is 3.23. The van der Waals surface area contributed by atoms with Gasteiger partial charge in [-0.15, -0.1) is 0 Å². The maximum absolute atomic E-state index is 5.93. The van der Waals surface area contributed by atoms with Gasteiger partial charge in [-0.05, 0) is 38.7 Å². The van der Waals surface area contributed by atoms with Gasteiger partial charge in [0.05, 0.1) is 12.3 Å². The van der Waals surface area contributed by atoms with Crippen molar-refractivity contribution in [2.24, 2.45) is 0 Å². The van der Waals surface area contributed by atoms with E-state index in [1.54, 1.807) is 6.07 Å². The summed E-state index contributed by atoms with van der Waals surface area (Å²) in [6, 6.07) is 3.62. The monoisotopic (exact) mass is 250 g/mol. The Morgan fingerprint density at radius 3 is 2.61 bits per heavy atom. The molecular formula is C14H22N2O2. The highest BCUT2D eigenvalue weighted by atomic mass is 16.5. The molecule has 2 rings (SSSR count). The van der Waals surface area contributed by atoms with E-state index in [-0.39, 0.29) is 6.10 Å². The first-order valence-electron chi connectivity index (χ1n) is 6.85. The molecule has 2 N–H and O–H groups in total. The number of nitrogen functional groups attached to an aromatic ring is 1. The van der Waals surface area contributed by atoms with Crippen molar-refractivity contribution in [2.75, 3.05) is 12.3 Å². The fourth-order valence-corrected chi connectivity index (χ4v) is 2.28. The van der Waals surface area contributed by atoms with Crippen LogP contribution in [0, 0.1) is 0 Å². The molecule has 0 bridgehead atoms. The average molecular weight is 250 g/mol. The van der Waals surface area contributed by atoms with Crippen molar-refractivity contribution >= 4 is 5.69 Å². The molecule has 0 unspecified atom stereocenters. The van der Waals surface area contributed by atoms with Crippen molar-refractivity contribution in [3.63, 3.8) is 0 Å². The standard InChI is InChI=1S/C14H22N2O2/c1-2-17-14-12(15)9-10-13(16-14)18-11-7-5-3-4-6-8-11/h9-11H,2-8,15H2,1H3. The summed E-state index contributed by atoms with van der Waals surface area (Å²) in [7, 11) is 0. The lowest BCUT2D eigenvalue weighted by atomic mass is 10.1. The Hall–Kier alpha value is -1.45. The summed E-state index contributed by atoms with van der Waals surface area (Å²) in [6.45, 7) is 2.48. The Kier molecular flexibility index (Phi) is 4.67. The van der Waals surface area contributed by atoms with Crippen molar-refractivity contribution in [3.05, 3.63) is 12.1 Å². The zero-order chi connectivity index (χ0) is 12.8. The Morgan fingerprint density at radius 1 is 1.22 bits per heavy atom. The van der Waals surface area contributed by atoms with E-state index < -0.39 is 0 Å². The number of hydrogen-bond acceptors (Lipinski definition) is 4. The van der Waals surface area contributed by atoms with Crippen LogP contribution in [0.25, 0.3) is 0 Å². The number of pyridine rings is 1. The van der Waals surface area contributed by atoms with Crippen molar-refractivity contribution in [1.29, 1.82) is 0 Å². The molecule has 1 fully saturated rings. The fraction of sp³-hybridized carbons (Fsp3) is 0.643. The van der Waals surface area contributed by atoms with Gasteiger partial charge >= 0.3 is 0 Å². The van der Waals surface area contributed by atoms with Gasteiger partial charge in [-0.1, -0.05) is 12.8 Å². The first kappa shape index (κ1) is 13.0. The van der Waals surface area contributed by atoms with Gasteiger partial charge in [0.15, 0.2) is 0 Å². The van der Waals surface area contributed by atoms with Crippen LogP contribution in [0.4, 0.5) is 5.69 Å². The molecule has 18 heavy (non-hydrogen) atoms. The molecular weight excluding hydrogens is 228 g/mol. The van der Waals surface area contributed by atoms with Crippen LogP contribution in [0.1, 0.15) is 45.4 Å². The minimum Gasteiger partial charge on any atom is -0.476 e. The molecule has 0 amide bonds. The van der Waals surface area contributed by atoms with Gasteiger partial charge in [-0.25, -0.2) is 0 Å². The molecule has 0 aliphatic heterocycles. The molecule has 1 saturated carbocycles.